The molecule has 1 saturated heterocycles. The average Bonchev–Trinajstić information content (AvgIpc) is 3.54. The number of amides is 2. The second kappa shape index (κ2) is 9.23. The fraction of sp³-hybridized carbons (Fsp3) is 0.286. The molecule has 3 heterocycles. The molecule has 11 heteroatoms. The van der Waals surface area contributed by atoms with Gasteiger partial charge in [-0.25, -0.2) is 13.4 Å². The lowest BCUT2D eigenvalue weighted by molar-refractivity contribution is -0.119. The molecule has 1 aliphatic rings. The lowest BCUT2D eigenvalue weighted by atomic mass is 10.2. The Balaban J connectivity index is 1.45. The first-order valence-electron chi connectivity index (χ1n) is 10.0. The zero-order chi connectivity index (χ0) is 22.7. The predicted molar refractivity (Wildman–Crippen MR) is 120 cm³/mol. The SMILES string of the molecule is CC(=O)NCc1ccc(-c2csc(NC(=O)c3cccc(S(=O)(=O)N4CCCC4)c3)n2)o1. The zero-order valence-electron chi connectivity index (χ0n) is 17.3. The molecule has 0 saturated carbocycles. The number of anilines is 1. The Morgan fingerprint density at radius 2 is 1.97 bits per heavy atom. The van der Waals surface area contributed by atoms with E-state index in [1.54, 1.807) is 29.6 Å². The summed E-state index contributed by atoms with van der Waals surface area (Å²) >= 11 is 1.23. The van der Waals surface area contributed by atoms with Crippen LogP contribution in [0, 0.1) is 0 Å². The number of nitrogens with zero attached hydrogens (tertiary/aromatic N) is 2. The summed E-state index contributed by atoms with van der Waals surface area (Å²) in [6.07, 6.45) is 1.69. The van der Waals surface area contributed by atoms with E-state index in [4.69, 9.17) is 4.42 Å². The van der Waals surface area contributed by atoms with E-state index < -0.39 is 15.9 Å². The van der Waals surface area contributed by atoms with Gasteiger partial charge in [0, 0.05) is 31.0 Å². The molecule has 32 heavy (non-hydrogen) atoms. The summed E-state index contributed by atoms with van der Waals surface area (Å²) in [4.78, 5) is 28.2. The third kappa shape index (κ3) is 4.90. The minimum Gasteiger partial charge on any atom is -0.458 e. The summed E-state index contributed by atoms with van der Waals surface area (Å²) < 4.78 is 32.6. The molecule has 1 fully saturated rings. The van der Waals surface area contributed by atoms with Crippen molar-refractivity contribution in [3.05, 3.63) is 53.1 Å². The van der Waals surface area contributed by atoms with Crippen LogP contribution in [0.1, 0.15) is 35.9 Å². The first kappa shape index (κ1) is 22.2. The van der Waals surface area contributed by atoms with Gasteiger partial charge in [-0.3, -0.25) is 14.9 Å². The predicted octanol–water partition coefficient (Wildman–Crippen LogP) is 3.08. The van der Waals surface area contributed by atoms with Gasteiger partial charge in [0.1, 0.15) is 11.5 Å². The van der Waals surface area contributed by atoms with E-state index in [9.17, 15) is 18.0 Å². The highest BCUT2D eigenvalue weighted by Crippen LogP contribution is 2.27. The van der Waals surface area contributed by atoms with Crippen molar-refractivity contribution in [2.24, 2.45) is 0 Å². The molecule has 1 aliphatic heterocycles. The topological polar surface area (TPSA) is 122 Å². The number of nitrogens with one attached hydrogen (secondary N) is 2. The Morgan fingerprint density at radius 3 is 2.72 bits per heavy atom. The molecule has 3 aromatic rings. The third-order valence-corrected chi connectivity index (χ3v) is 7.60. The van der Waals surface area contributed by atoms with Crippen LogP contribution in [0.25, 0.3) is 11.5 Å². The molecule has 0 aliphatic carbocycles. The van der Waals surface area contributed by atoms with Gasteiger partial charge >= 0.3 is 0 Å². The number of sulfonamides is 1. The fourth-order valence-electron chi connectivity index (χ4n) is 3.31. The van der Waals surface area contributed by atoms with Gasteiger partial charge in [-0.1, -0.05) is 6.07 Å². The van der Waals surface area contributed by atoms with Crippen LogP contribution < -0.4 is 10.6 Å². The Labute approximate surface area is 189 Å². The lowest BCUT2D eigenvalue weighted by Gasteiger charge is -2.15. The van der Waals surface area contributed by atoms with Crippen molar-refractivity contribution in [2.45, 2.75) is 31.2 Å². The van der Waals surface area contributed by atoms with Crippen LogP contribution >= 0.6 is 11.3 Å². The lowest BCUT2D eigenvalue weighted by Crippen LogP contribution is -2.28. The maximum absolute atomic E-state index is 12.8. The van der Waals surface area contributed by atoms with Gasteiger partial charge in [0.05, 0.1) is 11.4 Å². The van der Waals surface area contributed by atoms with Gasteiger partial charge in [0.25, 0.3) is 5.91 Å². The second-order valence-corrected chi connectivity index (χ2v) is 10.1. The summed E-state index contributed by atoms with van der Waals surface area (Å²) in [5.41, 5.74) is 0.780. The molecule has 1 aromatic carbocycles. The molecule has 168 valence electrons. The van der Waals surface area contributed by atoms with E-state index in [1.165, 1.54) is 34.7 Å². The first-order valence-corrected chi connectivity index (χ1v) is 12.4. The average molecular weight is 475 g/mol. The molecular weight excluding hydrogens is 452 g/mol. The maximum Gasteiger partial charge on any atom is 0.257 e. The number of hydrogen-bond donors (Lipinski definition) is 2. The Morgan fingerprint density at radius 1 is 1.19 bits per heavy atom. The van der Waals surface area contributed by atoms with Gasteiger partial charge < -0.3 is 9.73 Å². The van der Waals surface area contributed by atoms with E-state index in [0.29, 0.717) is 35.4 Å². The van der Waals surface area contributed by atoms with Crippen LogP contribution in [0.15, 0.2) is 51.1 Å². The molecule has 2 aromatic heterocycles. The molecular formula is C21H22N4O5S2. The van der Waals surface area contributed by atoms with E-state index in [-0.39, 0.29) is 22.9 Å². The van der Waals surface area contributed by atoms with Crippen molar-refractivity contribution in [1.29, 1.82) is 0 Å². The number of rotatable bonds is 7. The number of furan rings is 1. The Bertz CT molecular complexity index is 1240. The van der Waals surface area contributed by atoms with Gasteiger partial charge in [-0.15, -0.1) is 11.3 Å². The number of aromatic nitrogens is 1. The van der Waals surface area contributed by atoms with E-state index in [1.807, 2.05) is 0 Å². The van der Waals surface area contributed by atoms with Gasteiger partial charge in [-0.05, 0) is 43.2 Å². The largest absolute Gasteiger partial charge is 0.458 e. The van der Waals surface area contributed by atoms with Crippen molar-refractivity contribution in [2.75, 3.05) is 18.4 Å². The van der Waals surface area contributed by atoms with Crippen molar-refractivity contribution < 1.29 is 22.4 Å². The maximum atomic E-state index is 12.8. The number of carbonyl (C=O) groups is 2. The van der Waals surface area contributed by atoms with Crippen LogP contribution in [0.5, 0.6) is 0 Å². The summed E-state index contributed by atoms with van der Waals surface area (Å²) in [5, 5.41) is 7.46. The number of thiazole rings is 1. The van der Waals surface area contributed by atoms with Crippen LogP contribution in [-0.4, -0.2) is 42.6 Å². The molecule has 0 radical (unpaired) electrons. The second-order valence-electron chi connectivity index (χ2n) is 7.31. The van der Waals surface area contributed by atoms with Gasteiger partial charge in [0.15, 0.2) is 10.9 Å². The quantitative estimate of drug-likeness (QED) is 0.543. The molecule has 0 unspecified atom stereocenters. The molecule has 0 bridgehead atoms. The number of carbonyl (C=O) groups excluding carboxylic acids is 2. The third-order valence-electron chi connectivity index (χ3n) is 4.95. The molecule has 4 rings (SSSR count). The van der Waals surface area contributed by atoms with E-state index in [0.717, 1.165) is 12.8 Å². The van der Waals surface area contributed by atoms with Crippen LogP contribution in [0.4, 0.5) is 5.13 Å². The minimum absolute atomic E-state index is 0.106. The van der Waals surface area contributed by atoms with Gasteiger partial charge in [-0.2, -0.15) is 4.31 Å². The highest BCUT2D eigenvalue weighted by atomic mass is 32.2. The molecule has 0 spiro atoms. The molecule has 0 atom stereocenters. The highest BCUT2D eigenvalue weighted by Gasteiger charge is 2.27. The number of hydrogen-bond acceptors (Lipinski definition) is 7. The first-order chi connectivity index (χ1) is 15.3. The van der Waals surface area contributed by atoms with Crippen molar-refractivity contribution in [3.8, 4) is 11.5 Å². The summed E-state index contributed by atoms with van der Waals surface area (Å²) in [6.45, 7) is 2.70. The molecule has 2 amide bonds. The van der Waals surface area contributed by atoms with Crippen LogP contribution in [0.2, 0.25) is 0 Å². The van der Waals surface area contributed by atoms with Crippen molar-refractivity contribution >= 4 is 38.3 Å². The Hall–Kier alpha value is -3.02. The van der Waals surface area contributed by atoms with E-state index >= 15 is 0 Å². The minimum atomic E-state index is -3.61. The summed E-state index contributed by atoms with van der Waals surface area (Å²) in [6, 6.07) is 9.50. The summed E-state index contributed by atoms with van der Waals surface area (Å²) in [7, 11) is -3.61. The standard InChI is InChI=1S/C21H22N4O5S2/c1-14(26)22-12-16-7-8-19(30-16)18-13-31-21(23-18)24-20(27)15-5-4-6-17(11-15)32(28,29)25-9-2-3-10-25/h4-8,11,13H,2-3,9-10,12H2,1H3,(H,22,26)(H,23,24,27). The van der Waals surface area contributed by atoms with Gasteiger partial charge in [0.2, 0.25) is 15.9 Å². The molecule has 2 N–H and O–H groups in total. The van der Waals surface area contributed by atoms with E-state index in [2.05, 4.69) is 15.6 Å². The highest BCUT2D eigenvalue weighted by molar-refractivity contribution is 7.89. The monoisotopic (exact) mass is 474 g/mol. The Kier molecular flexibility index (Phi) is 6.40. The summed E-state index contributed by atoms with van der Waals surface area (Å²) in [5.74, 6) is 0.500. The van der Waals surface area contributed by atoms with Crippen LogP contribution in [-0.2, 0) is 21.4 Å². The van der Waals surface area contributed by atoms with Crippen LogP contribution in [0.3, 0.4) is 0 Å². The fourth-order valence-corrected chi connectivity index (χ4v) is 5.57. The normalized spacial score (nSPS) is 14.4. The van der Waals surface area contributed by atoms with Crippen molar-refractivity contribution in [3.63, 3.8) is 0 Å². The smallest absolute Gasteiger partial charge is 0.257 e. The zero-order valence-corrected chi connectivity index (χ0v) is 19.0. The molecule has 9 nitrogen and oxygen atoms in total. The number of benzene rings is 1. The van der Waals surface area contributed by atoms with Crippen molar-refractivity contribution in [1.82, 2.24) is 14.6 Å².